The van der Waals surface area contributed by atoms with Crippen LogP contribution in [0.25, 0.3) is 0 Å². The van der Waals surface area contributed by atoms with Crippen molar-refractivity contribution >= 4 is 27.5 Å². The van der Waals surface area contributed by atoms with Crippen LogP contribution in [-0.2, 0) is 37.7 Å². The molecule has 1 aliphatic carbocycles. The zero-order chi connectivity index (χ0) is 42.0. The van der Waals surface area contributed by atoms with Crippen molar-refractivity contribution in [3.05, 3.63) is 90.3 Å². The molecule has 0 radical (unpaired) electrons. The minimum Gasteiger partial charge on any atom is -0.453 e. The van der Waals surface area contributed by atoms with Gasteiger partial charge in [0.1, 0.15) is 16.9 Å². The van der Waals surface area contributed by atoms with Crippen LogP contribution < -0.4 is 10.2 Å². The molecule has 1 N–H and O–H groups in total. The maximum absolute atomic E-state index is 16.4. The second-order valence-corrected chi connectivity index (χ2v) is 19.5. The number of amides is 2. The Morgan fingerprint density at radius 3 is 2.46 bits per heavy atom. The maximum Gasteiger partial charge on any atom is 0.407 e. The van der Waals surface area contributed by atoms with Crippen molar-refractivity contribution in [1.82, 2.24) is 29.6 Å². The van der Waals surface area contributed by atoms with Gasteiger partial charge in [-0.25, -0.2) is 27.0 Å². The number of piperidine rings is 1. The highest BCUT2D eigenvalue weighted by atomic mass is 32.2. The van der Waals surface area contributed by atoms with Crippen molar-refractivity contribution < 1.29 is 31.5 Å². The highest BCUT2D eigenvalue weighted by molar-refractivity contribution is 7.92. The number of ether oxygens (including phenoxy) is 1. The SMILES string of the molecule is CCc1nccn1C[C@@](c1cccc(F)c1)(C1CCN(CC2(F)CN(c3ccc(S(=O)(=O)C4CN(C(=O)/C=C/CN(C)C)C4)cc3)C2)CC1)[C@H]1CCC[C@@H]1NC(=O)OC. The summed E-state index contributed by atoms with van der Waals surface area (Å²) in [6.07, 6.45) is 11.5. The number of rotatable bonds is 15. The fourth-order valence-corrected chi connectivity index (χ4v) is 11.8. The summed E-state index contributed by atoms with van der Waals surface area (Å²) in [5.74, 6) is 0.592. The van der Waals surface area contributed by atoms with Gasteiger partial charge in [0.2, 0.25) is 5.91 Å². The number of halogens is 2. The third-order valence-corrected chi connectivity index (χ3v) is 15.3. The highest BCUT2D eigenvalue weighted by Crippen LogP contribution is 2.52. The van der Waals surface area contributed by atoms with Crippen LogP contribution in [0.15, 0.2) is 78.0 Å². The second-order valence-electron chi connectivity index (χ2n) is 17.3. The number of likely N-dealkylation sites (tertiary alicyclic amines) is 2. The average molecular weight is 836 g/mol. The second kappa shape index (κ2) is 17.7. The van der Waals surface area contributed by atoms with Gasteiger partial charge < -0.3 is 29.3 Å². The largest absolute Gasteiger partial charge is 0.453 e. The summed E-state index contributed by atoms with van der Waals surface area (Å²) >= 11 is 0. The van der Waals surface area contributed by atoms with Crippen molar-refractivity contribution in [2.24, 2.45) is 11.8 Å². The minimum atomic E-state index is -3.62. The first kappa shape index (κ1) is 42.8. The van der Waals surface area contributed by atoms with E-state index in [2.05, 4.69) is 26.7 Å². The first-order valence-corrected chi connectivity index (χ1v) is 22.5. The van der Waals surface area contributed by atoms with Gasteiger partial charge in [0.15, 0.2) is 15.5 Å². The van der Waals surface area contributed by atoms with Crippen LogP contribution in [0.1, 0.15) is 50.4 Å². The molecule has 320 valence electrons. The molecule has 4 aliphatic rings. The number of nitrogens with one attached hydrogen (secondary N) is 1. The molecule has 59 heavy (non-hydrogen) atoms. The number of hydrogen-bond donors (Lipinski definition) is 1. The quantitative estimate of drug-likeness (QED) is 0.209. The Labute approximate surface area is 347 Å². The van der Waals surface area contributed by atoms with Crippen molar-refractivity contribution in [3.63, 3.8) is 0 Å². The number of anilines is 1. The first-order chi connectivity index (χ1) is 28.2. The van der Waals surface area contributed by atoms with E-state index in [0.717, 1.165) is 55.6 Å². The molecule has 12 nitrogen and oxygen atoms in total. The molecular weight excluding hydrogens is 777 g/mol. The Morgan fingerprint density at radius 1 is 1.07 bits per heavy atom. The number of hydrogen-bond acceptors (Lipinski definition) is 9. The number of likely N-dealkylation sites (N-methyl/N-ethyl adjacent to an activating group) is 1. The van der Waals surface area contributed by atoms with Crippen LogP contribution in [-0.4, -0.2) is 135 Å². The monoisotopic (exact) mass is 835 g/mol. The van der Waals surface area contributed by atoms with E-state index in [0.29, 0.717) is 26.2 Å². The van der Waals surface area contributed by atoms with Gasteiger partial charge in [-0.1, -0.05) is 31.6 Å². The van der Waals surface area contributed by atoms with Crippen LogP contribution in [0, 0.1) is 17.7 Å². The van der Waals surface area contributed by atoms with E-state index in [1.54, 1.807) is 42.5 Å². The van der Waals surface area contributed by atoms with Gasteiger partial charge in [-0.05, 0) is 107 Å². The number of carbonyl (C=O) groups is 2. The standard InChI is InChI=1S/C44H59F2N7O5S/c1-5-40-47-20-24-51(40)31-44(33-9-6-10-34(45)25-33,38-11-7-12-39(38)48-42(55)58-4)32-18-22-50(23-19-32)28-43(46)29-53(30-43)35-14-16-36(17-15-35)59(56,57)37-26-52(27-37)41(54)13-8-21-49(2)3/h6,8-10,13-17,20,24-25,32,37-39H,5,7,11-12,18-19,21-23,26-31H2,1-4H3,(H,48,55)/b13-8+/t38-,39-,44-/m0/s1. The molecule has 1 saturated carbocycles. The van der Waals surface area contributed by atoms with Crippen LogP contribution in [0.3, 0.4) is 0 Å². The molecule has 15 heteroatoms. The predicted octanol–water partition coefficient (Wildman–Crippen LogP) is 5.09. The van der Waals surface area contributed by atoms with Crippen molar-refractivity contribution in [2.45, 2.75) is 79.3 Å². The molecule has 2 amide bonds. The Morgan fingerprint density at radius 2 is 1.80 bits per heavy atom. The van der Waals surface area contributed by atoms with Gasteiger partial charge in [0.25, 0.3) is 0 Å². The number of aryl methyl sites for hydroxylation is 1. The van der Waals surface area contributed by atoms with Gasteiger partial charge in [-0.3, -0.25) is 9.69 Å². The maximum atomic E-state index is 16.4. The summed E-state index contributed by atoms with van der Waals surface area (Å²) in [7, 11) is 1.57. The number of benzene rings is 2. The number of alkyl halides is 1. The summed E-state index contributed by atoms with van der Waals surface area (Å²) in [6.45, 7) is 5.67. The molecule has 3 atom stereocenters. The van der Waals surface area contributed by atoms with E-state index in [4.69, 9.17) is 4.74 Å². The summed E-state index contributed by atoms with van der Waals surface area (Å²) in [4.78, 5) is 37.5. The number of aromatic nitrogens is 2. The summed E-state index contributed by atoms with van der Waals surface area (Å²) < 4.78 is 65.5. The molecule has 7 rings (SSSR count). The van der Waals surface area contributed by atoms with Crippen LogP contribution in [0.2, 0.25) is 0 Å². The van der Waals surface area contributed by atoms with E-state index in [-0.39, 0.29) is 67.2 Å². The normalized spacial score (nSPS) is 22.6. The van der Waals surface area contributed by atoms with Crippen LogP contribution in [0.4, 0.5) is 19.3 Å². The topological polar surface area (TPSA) is 120 Å². The van der Waals surface area contributed by atoms with E-state index in [1.807, 2.05) is 42.4 Å². The van der Waals surface area contributed by atoms with E-state index in [1.165, 1.54) is 24.2 Å². The van der Waals surface area contributed by atoms with E-state index in [9.17, 15) is 18.0 Å². The molecule has 0 spiro atoms. The smallest absolute Gasteiger partial charge is 0.407 e. The third-order valence-electron chi connectivity index (χ3n) is 13.2. The molecule has 0 bridgehead atoms. The zero-order valence-corrected chi connectivity index (χ0v) is 35.5. The number of imidazole rings is 1. The van der Waals surface area contributed by atoms with Crippen LogP contribution in [0.5, 0.6) is 0 Å². The van der Waals surface area contributed by atoms with E-state index >= 15 is 8.78 Å². The van der Waals surface area contributed by atoms with Crippen molar-refractivity contribution in [2.75, 3.05) is 78.5 Å². The molecule has 3 aromatic rings. The molecular formula is C44H59F2N7O5S. The number of nitrogens with zero attached hydrogens (tertiary/aromatic N) is 6. The summed E-state index contributed by atoms with van der Waals surface area (Å²) in [6, 6.07) is 13.5. The molecule has 4 fully saturated rings. The molecule has 1 aromatic heterocycles. The molecule has 2 aromatic carbocycles. The fourth-order valence-electron chi connectivity index (χ4n) is 10.2. The Bertz CT molecular complexity index is 2080. The predicted molar refractivity (Wildman–Crippen MR) is 223 cm³/mol. The van der Waals surface area contributed by atoms with Gasteiger partial charge in [-0.2, -0.15) is 0 Å². The fraction of sp³-hybridized carbons (Fsp3) is 0.568. The minimum absolute atomic E-state index is 0.00855. The van der Waals surface area contributed by atoms with Gasteiger partial charge >= 0.3 is 6.09 Å². The zero-order valence-electron chi connectivity index (χ0n) is 34.7. The highest BCUT2D eigenvalue weighted by Gasteiger charge is 2.53. The van der Waals surface area contributed by atoms with E-state index < -0.39 is 32.3 Å². The number of sulfone groups is 1. The van der Waals surface area contributed by atoms with Crippen molar-refractivity contribution in [1.29, 1.82) is 0 Å². The lowest BCUT2D eigenvalue weighted by atomic mass is 9.58. The van der Waals surface area contributed by atoms with Gasteiger partial charge in [0.05, 0.1) is 25.1 Å². The molecule has 0 unspecified atom stereocenters. The Kier molecular flexibility index (Phi) is 12.8. The molecule has 3 saturated heterocycles. The first-order valence-electron chi connectivity index (χ1n) is 21.0. The average Bonchev–Trinajstić information content (AvgIpc) is 3.84. The Balaban J connectivity index is 1.000. The summed E-state index contributed by atoms with van der Waals surface area (Å²) in [5.41, 5.74) is -0.280. The lowest BCUT2D eigenvalue weighted by Gasteiger charge is -2.52. The Hall–Kier alpha value is -4.34. The summed E-state index contributed by atoms with van der Waals surface area (Å²) in [5, 5.41) is 2.48. The van der Waals surface area contributed by atoms with Gasteiger partial charge in [0, 0.05) is 74.8 Å². The third kappa shape index (κ3) is 9.07. The lowest BCUT2D eigenvalue weighted by Crippen LogP contribution is -2.64. The number of methoxy groups -OCH3 is 1. The lowest BCUT2D eigenvalue weighted by molar-refractivity contribution is -0.129. The van der Waals surface area contributed by atoms with Crippen molar-refractivity contribution in [3.8, 4) is 0 Å². The van der Waals surface area contributed by atoms with Crippen LogP contribution >= 0.6 is 0 Å². The molecule has 3 aliphatic heterocycles. The molecule has 4 heterocycles. The van der Waals surface area contributed by atoms with Gasteiger partial charge in [-0.15, -0.1) is 0 Å². The number of alkyl carbamates (subject to hydrolysis) is 1. The number of carbonyl (C=O) groups excluding carboxylic acids is 2.